The third kappa shape index (κ3) is 4.32. The summed E-state index contributed by atoms with van der Waals surface area (Å²) in [4.78, 5) is 9.14. The van der Waals surface area contributed by atoms with Crippen LogP contribution in [-0.4, -0.2) is 15.7 Å². The molecule has 7 heteroatoms. The molecule has 0 saturated heterocycles. The molecule has 2 aliphatic rings. The predicted molar refractivity (Wildman–Crippen MR) is 128 cm³/mol. The van der Waals surface area contributed by atoms with Gasteiger partial charge in [-0.2, -0.15) is 0 Å². The smallest absolute Gasteiger partial charge is 0.161 e. The van der Waals surface area contributed by atoms with E-state index in [0.29, 0.717) is 29.0 Å². The van der Waals surface area contributed by atoms with Crippen molar-refractivity contribution in [1.82, 2.24) is 9.97 Å². The Morgan fingerprint density at radius 3 is 2.79 bits per heavy atom. The van der Waals surface area contributed by atoms with Gasteiger partial charge in [0.05, 0.1) is 22.2 Å². The van der Waals surface area contributed by atoms with Crippen LogP contribution in [0.2, 0.25) is 0 Å². The number of hydrogen-bond acceptors (Lipinski definition) is 5. The van der Waals surface area contributed by atoms with E-state index in [1.807, 2.05) is 42.2 Å². The van der Waals surface area contributed by atoms with E-state index in [1.165, 1.54) is 12.8 Å². The molecule has 3 heterocycles. The first kappa shape index (κ1) is 21.4. The molecule has 1 unspecified atom stereocenters. The number of nitrogens with zero attached hydrogens (tertiary/aromatic N) is 2. The van der Waals surface area contributed by atoms with Gasteiger partial charge in [0.25, 0.3) is 0 Å². The van der Waals surface area contributed by atoms with Crippen molar-refractivity contribution in [2.45, 2.75) is 31.3 Å². The first-order valence-electron chi connectivity index (χ1n) is 11.3. The summed E-state index contributed by atoms with van der Waals surface area (Å²) in [6, 6.07) is 15.7. The van der Waals surface area contributed by atoms with Gasteiger partial charge in [0.1, 0.15) is 24.7 Å². The monoisotopic (exact) mass is 476 g/mol. The number of fused-ring (bicyclic) bond motifs is 3. The second-order valence-electron chi connectivity index (χ2n) is 8.74. The SMILES string of the molecule is Fc1cc2ccc(COc3ccc4c(c3)C(SCC3CC3)c3ncccc3CO4)nc2cc1F. The Morgan fingerprint density at radius 2 is 1.91 bits per heavy atom. The molecule has 2 aromatic heterocycles. The Bertz CT molecular complexity index is 1380. The maximum atomic E-state index is 13.6. The van der Waals surface area contributed by atoms with Crippen molar-refractivity contribution < 1.29 is 18.3 Å². The lowest BCUT2D eigenvalue weighted by atomic mass is 10.0. The first-order valence-corrected chi connectivity index (χ1v) is 12.4. The van der Waals surface area contributed by atoms with Crippen LogP contribution in [0.5, 0.6) is 11.5 Å². The second kappa shape index (κ2) is 8.87. The Labute approximate surface area is 200 Å². The Kier molecular flexibility index (Phi) is 5.57. The average Bonchev–Trinajstić information content (AvgIpc) is 3.69. The molecule has 1 aliphatic heterocycles. The van der Waals surface area contributed by atoms with E-state index < -0.39 is 11.6 Å². The zero-order valence-electron chi connectivity index (χ0n) is 18.3. The van der Waals surface area contributed by atoms with Gasteiger partial charge in [-0.15, -0.1) is 11.8 Å². The van der Waals surface area contributed by atoms with Crippen LogP contribution in [0, 0.1) is 17.6 Å². The molecule has 1 saturated carbocycles. The molecule has 6 rings (SSSR count). The zero-order chi connectivity index (χ0) is 23.1. The fourth-order valence-corrected chi connectivity index (χ4v) is 5.68. The van der Waals surface area contributed by atoms with Crippen LogP contribution in [0.1, 0.15) is 40.6 Å². The van der Waals surface area contributed by atoms with Crippen molar-refractivity contribution >= 4 is 22.7 Å². The van der Waals surface area contributed by atoms with E-state index in [-0.39, 0.29) is 11.9 Å². The van der Waals surface area contributed by atoms with Gasteiger partial charge in [0, 0.05) is 28.8 Å². The predicted octanol–water partition coefficient (Wildman–Crippen LogP) is 6.61. The van der Waals surface area contributed by atoms with Crippen LogP contribution in [0.15, 0.2) is 60.8 Å². The number of hydrogen-bond donors (Lipinski definition) is 0. The molecule has 2 aromatic carbocycles. The summed E-state index contributed by atoms with van der Waals surface area (Å²) < 4.78 is 39.3. The number of aromatic nitrogens is 2. The van der Waals surface area contributed by atoms with Crippen LogP contribution in [0.25, 0.3) is 10.9 Å². The van der Waals surface area contributed by atoms with Gasteiger partial charge in [-0.3, -0.25) is 4.98 Å². The number of thioether (sulfide) groups is 1. The minimum Gasteiger partial charge on any atom is -0.488 e. The van der Waals surface area contributed by atoms with Crippen LogP contribution < -0.4 is 9.47 Å². The molecular formula is C27H22F2N2O2S. The summed E-state index contributed by atoms with van der Waals surface area (Å²) in [7, 11) is 0. The van der Waals surface area contributed by atoms with Gasteiger partial charge in [-0.1, -0.05) is 12.1 Å². The maximum Gasteiger partial charge on any atom is 0.161 e. The van der Waals surface area contributed by atoms with Gasteiger partial charge in [0.2, 0.25) is 0 Å². The van der Waals surface area contributed by atoms with E-state index >= 15 is 0 Å². The lowest BCUT2D eigenvalue weighted by Crippen LogP contribution is -2.04. The maximum absolute atomic E-state index is 13.6. The lowest BCUT2D eigenvalue weighted by Gasteiger charge is -2.18. The zero-order valence-corrected chi connectivity index (χ0v) is 19.2. The molecule has 1 atom stereocenters. The quantitative estimate of drug-likeness (QED) is 0.313. The number of ether oxygens (including phenoxy) is 2. The molecule has 172 valence electrons. The van der Waals surface area contributed by atoms with Gasteiger partial charge >= 0.3 is 0 Å². The topological polar surface area (TPSA) is 44.2 Å². The van der Waals surface area contributed by atoms with Crippen molar-refractivity contribution in [2.24, 2.45) is 5.92 Å². The molecule has 1 fully saturated rings. The minimum absolute atomic E-state index is 0.0783. The number of pyridine rings is 2. The largest absolute Gasteiger partial charge is 0.488 e. The Balaban J connectivity index is 1.27. The molecule has 0 radical (unpaired) electrons. The fraction of sp³-hybridized carbons (Fsp3) is 0.259. The molecule has 1 aliphatic carbocycles. The van der Waals surface area contributed by atoms with Crippen molar-refractivity contribution in [3.05, 3.63) is 94.9 Å². The highest BCUT2D eigenvalue weighted by molar-refractivity contribution is 7.99. The molecule has 0 amide bonds. The van der Waals surface area contributed by atoms with Crippen LogP contribution in [0.4, 0.5) is 8.78 Å². The van der Waals surface area contributed by atoms with Crippen molar-refractivity contribution in [3.63, 3.8) is 0 Å². The van der Waals surface area contributed by atoms with Gasteiger partial charge in [-0.05, 0) is 60.9 Å². The van der Waals surface area contributed by atoms with Crippen molar-refractivity contribution in [3.8, 4) is 11.5 Å². The summed E-state index contributed by atoms with van der Waals surface area (Å²) in [6.07, 6.45) is 4.45. The molecule has 4 aromatic rings. The average molecular weight is 477 g/mol. The van der Waals surface area contributed by atoms with Crippen LogP contribution in [0.3, 0.4) is 0 Å². The van der Waals surface area contributed by atoms with Crippen molar-refractivity contribution in [1.29, 1.82) is 0 Å². The molecule has 0 N–H and O–H groups in total. The summed E-state index contributed by atoms with van der Waals surface area (Å²) in [5.74, 6) is 1.65. The van der Waals surface area contributed by atoms with E-state index in [1.54, 1.807) is 12.1 Å². The summed E-state index contributed by atoms with van der Waals surface area (Å²) in [6.45, 7) is 0.707. The Morgan fingerprint density at radius 1 is 1.03 bits per heavy atom. The molecule has 34 heavy (non-hydrogen) atoms. The van der Waals surface area contributed by atoms with Crippen LogP contribution >= 0.6 is 11.8 Å². The second-order valence-corrected chi connectivity index (χ2v) is 9.88. The normalized spacial score (nSPS) is 16.9. The highest BCUT2D eigenvalue weighted by Crippen LogP contribution is 2.47. The number of rotatable bonds is 6. The number of benzene rings is 2. The first-order chi connectivity index (χ1) is 16.6. The van der Waals surface area contributed by atoms with Gasteiger partial charge in [0.15, 0.2) is 11.6 Å². The molecular weight excluding hydrogens is 454 g/mol. The number of halogens is 2. The van der Waals surface area contributed by atoms with E-state index in [0.717, 1.165) is 46.4 Å². The van der Waals surface area contributed by atoms with E-state index in [4.69, 9.17) is 14.5 Å². The minimum atomic E-state index is -0.910. The summed E-state index contributed by atoms with van der Waals surface area (Å²) >= 11 is 1.92. The van der Waals surface area contributed by atoms with Gasteiger partial charge in [-0.25, -0.2) is 13.8 Å². The standard InChI is InChI=1S/C27H22F2N2O2S/c28-22-10-17-5-6-19(31-24(17)12-23(22)29)14-32-20-7-8-25-21(11-20)27(34-15-16-3-4-16)26-18(13-33-25)2-1-9-30-26/h1-2,5-12,16,27H,3-4,13-15H2. The third-order valence-electron chi connectivity index (χ3n) is 6.19. The highest BCUT2D eigenvalue weighted by Gasteiger charge is 2.30. The summed E-state index contributed by atoms with van der Waals surface area (Å²) in [5, 5.41) is 0.626. The highest BCUT2D eigenvalue weighted by atomic mass is 32.2. The Hall–Kier alpha value is -3.19. The van der Waals surface area contributed by atoms with E-state index in [2.05, 4.69) is 11.1 Å². The lowest BCUT2D eigenvalue weighted by molar-refractivity contribution is 0.295. The van der Waals surface area contributed by atoms with Crippen molar-refractivity contribution in [2.75, 3.05) is 5.75 Å². The molecule has 0 bridgehead atoms. The molecule has 4 nitrogen and oxygen atoms in total. The summed E-state index contributed by atoms with van der Waals surface area (Å²) in [5.41, 5.74) is 4.25. The van der Waals surface area contributed by atoms with Crippen LogP contribution in [-0.2, 0) is 13.2 Å². The third-order valence-corrected chi connectivity index (χ3v) is 7.67. The van der Waals surface area contributed by atoms with E-state index in [9.17, 15) is 8.78 Å². The molecule has 0 spiro atoms. The fourth-order valence-electron chi connectivity index (χ4n) is 4.15. The van der Waals surface area contributed by atoms with Gasteiger partial charge < -0.3 is 9.47 Å².